The molecular weight excluding hydrogens is 774 g/mol. The van der Waals surface area contributed by atoms with Crippen LogP contribution in [0.3, 0.4) is 0 Å². The van der Waals surface area contributed by atoms with Gasteiger partial charge >= 0.3 is 23.9 Å². The molecule has 0 unspecified atom stereocenters. The molecule has 0 amide bonds. The van der Waals surface area contributed by atoms with Gasteiger partial charge in [-0.25, -0.2) is 0 Å². The number of hydrogen-bond acceptors (Lipinski definition) is 8. The minimum Gasteiger partial charge on any atom is -0.461 e. The lowest BCUT2D eigenvalue weighted by molar-refractivity contribution is -0.146. The maximum absolute atomic E-state index is 13.1. The van der Waals surface area contributed by atoms with Crippen molar-refractivity contribution in [2.45, 2.75) is 52.1 Å². The third-order valence-electron chi connectivity index (χ3n) is 8.33. The summed E-state index contributed by atoms with van der Waals surface area (Å²) in [4.78, 5) is 52.1. The van der Waals surface area contributed by atoms with Crippen molar-refractivity contribution >= 4 is 70.3 Å². The van der Waals surface area contributed by atoms with E-state index in [9.17, 15) is 19.2 Å². The Hall–Kier alpha value is -4.86. The van der Waals surface area contributed by atoms with Crippen LogP contribution >= 0.6 is 46.4 Å². The van der Waals surface area contributed by atoms with Gasteiger partial charge in [-0.3, -0.25) is 19.2 Å². The highest BCUT2D eigenvalue weighted by atomic mass is 35.5. The van der Waals surface area contributed by atoms with E-state index in [2.05, 4.69) is 0 Å². The van der Waals surface area contributed by atoms with Gasteiger partial charge in [-0.15, -0.1) is 0 Å². The van der Waals surface area contributed by atoms with Gasteiger partial charge in [0.1, 0.15) is 26.4 Å². The quantitative estimate of drug-likeness (QED) is 0.0718. The number of ether oxygens (including phenoxy) is 4. The lowest BCUT2D eigenvalue weighted by Crippen LogP contribution is -2.17. The molecule has 0 saturated carbocycles. The first-order valence-electron chi connectivity index (χ1n) is 16.8. The average molecular weight is 809 g/mol. The fourth-order valence-electron chi connectivity index (χ4n) is 5.44. The molecule has 0 N–H and O–H groups in total. The molecule has 0 atom stereocenters. The molecule has 5 aromatic carbocycles. The molecule has 54 heavy (non-hydrogen) atoms. The van der Waals surface area contributed by atoms with E-state index >= 15 is 0 Å². The van der Waals surface area contributed by atoms with Crippen molar-refractivity contribution < 1.29 is 38.1 Å². The summed E-state index contributed by atoms with van der Waals surface area (Å²) in [6.07, 6.45) is -0.367. The van der Waals surface area contributed by atoms with E-state index in [1.807, 2.05) is 0 Å². The molecule has 5 rings (SSSR count). The molecule has 0 aliphatic heterocycles. The standard InChI is InChI=1S/C42H34Cl4O8/c43-35-13-5-1-9-27(35)19-39(47)51-23-31-17-18-32(24-52-40(48)20-28-10-2-6-14-36(28)44)34(26-54-42(50)22-30-12-4-8-16-38(30)46)33(31)25-53-41(49)21-29-11-3-7-15-37(29)45/h1-18H,19-26H2. The van der Waals surface area contributed by atoms with E-state index in [1.54, 1.807) is 109 Å². The van der Waals surface area contributed by atoms with Crippen molar-refractivity contribution in [1.29, 1.82) is 0 Å². The number of rotatable bonds is 16. The van der Waals surface area contributed by atoms with Gasteiger partial charge < -0.3 is 18.9 Å². The number of esters is 4. The van der Waals surface area contributed by atoms with E-state index in [4.69, 9.17) is 65.4 Å². The Kier molecular flexibility index (Phi) is 14.9. The summed E-state index contributed by atoms with van der Waals surface area (Å²) >= 11 is 25.1. The molecule has 12 heteroatoms. The van der Waals surface area contributed by atoms with E-state index in [1.165, 1.54) is 0 Å². The first-order valence-corrected chi connectivity index (χ1v) is 18.3. The van der Waals surface area contributed by atoms with E-state index in [0.29, 0.717) is 64.6 Å². The SMILES string of the molecule is O=C(Cc1ccccc1Cl)OCc1ccc(COC(=O)Cc2ccccc2Cl)c(COC(=O)Cc2ccccc2Cl)c1COC(=O)Cc1ccccc1Cl. The molecule has 0 saturated heterocycles. The van der Waals surface area contributed by atoms with Crippen molar-refractivity contribution in [2.75, 3.05) is 0 Å². The number of halogens is 4. The third-order valence-corrected chi connectivity index (χ3v) is 9.80. The molecule has 0 heterocycles. The second kappa shape index (κ2) is 20.0. The summed E-state index contributed by atoms with van der Waals surface area (Å²) in [6.45, 7) is -1.01. The van der Waals surface area contributed by atoms with Crippen LogP contribution in [-0.4, -0.2) is 23.9 Å². The summed E-state index contributed by atoms with van der Waals surface area (Å²) in [7, 11) is 0. The van der Waals surface area contributed by atoms with Crippen molar-refractivity contribution in [1.82, 2.24) is 0 Å². The van der Waals surface area contributed by atoms with Crippen LogP contribution in [0.15, 0.2) is 109 Å². The van der Waals surface area contributed by atoms with Crippen LogP contribution < -0.4 is 0 Å². The summed E-state index contributed by atoms with van der Waals surface area (Å²) < 4.78 is 22.8. The van der Waals surface area contributed by atoms with Crippen LogP contribution in [0.25, 0.3) is 0 Å². The maximum atomic E-state index is 13.1. The fourth-order valence-corrected chi connectivity index (χ4v) is 6.25. The first kappa shape index (κ1) is 40.3. The third kappa shape index (κ3) is 11.8. The number of carbonyl (C=O) groups excluding carboxylic acids is 4. The van der Waals surface area contributed by atoms with E-state index < -0.39 is 23.9 Å². The predicted octanol–water partition coefficient (Wildman–Crippen LogP) is 9.44. The molecule has 0 spiro atoms. The Labute approximate surface area is 332 Å². The van der Waals surface area contributed by atoms with Crippen molar-refractivity contribution in [3.63, 3.8) is 0 Å². The van der Waals surface area contributed by atoms with Gasteiger partial charge in [-0.05, 0) is 57.6 Å². The Morgan fingerprint density at radius 2 is 0.574 bits per heavy atom. The zero-order valence-corrected chi connectivity index (χ0v) is 31.9. The molecule has 0 fully saturated rings. The second-order valence-corrected chi connectivity index (χ2v) is 13.7. The lowest BCUT2D eigenvalue weighted by Gasteiger charge is -2.20. The van der Waals surface area contributed by atoms with Gasteiger partial charge in [0.25, 0.3) is 0 Å². The minimum absolute atomic E-state index is 0.0756. The highest BCUT2D eigenvalue weighted by Gasteiger charge is 2.21. The van der Waals surface area contributed by atoms with Crippen LogP contribution in [0, 0.1) is 0 Å². The number of benzene rings is 5. The molecule has 0 aromatic heterocycles. The summed E-state index contributed by atoms with van der Waals surface area (Å²) in [6, 6.07) is 31.0. The molecule has 0 radical (unpaired) electrons. The highest BCUT2D eigenvalue weighted by Crippen LogP contribution is 2.26. The molecule has 0 aliphatic rings. The zero-order chi connectivity index (χ0) is 38.5. The average Bonchev–Trinajstić information content (AvgIpc) is 3.15. The van der Waals surface area contributed by atoms with Gasteiger partial charge in [0.2, 0.25) is 0 Å². The molecule has 278 valence electrons. The molecule has 8 nitrogen and oxygen atoms in total. The summed E-state index contributed by atoms with van der Waals surface area (Å²) in [5, 5.41) is 1.67. The normalized spacial score (nSPS) is 10.7. The van der Waals surface area contributed by atoms with Gasteiger partial charge in [0, 0.05) is 31.2 Å². The topological polar surface area (TPSA) is 105 Å². The van der Waals surface area contributed by atoms with Gasteiger partial charge in [-0.1, -0.05) is 131 Å². The molecule has 5 aromatic rings. The maximum Gasteiger partial charge on any atom is 0.310 e. The van der Waals surface area contributed by atoms with Crippen molar-refractivity contribution in [3.8, 4) is 0 Å². The fraction of sp³-hybridized carbons (Fsp3) is 0.190. The van der Waals surface area contributed by atoms with Crippen LogP contribution in [0.5, 0.6) is 0 Å². The van der Waals surface area contributed by atoms with Crippen molar-refractivity contribution in [3.05, 3.63) is 174 Å². The second-order valence-electron chi connectivity index (χ2n) is 12.1. The zero-order valence-electron chi connectivity index (χ0n) is 28.8. The first-order chi connectivity index (χ1) is 26.1. The van der Waals surface area contributed by atoms with Crippen molar-refractivity contribution in [2.24, 2.45) is 0 Å². The van der Waals surface area contributed by atoms with Gasteiger partial charge in [0.15, 0.2) is 0 Å². The Morgan fingerprint density at radius 1 is 0.333 bits per heavy atom. The smallest absolute Gasteiger partial charge is 0.310 e. The van der Waals surface area contributed by atoms with Crippen LogP contribution in [-0.2, 0) is 90.2 Å². The summed E-state index contributed by atoms with van der Waals surface area (Å²) in [5.41, 5.74) is 4.08. The monoisotopic (exact) mass is 806 g/mol. The van der Waals surface area contributed by atoms with Crippen LogP contribution in [0.4, 0.5) is 0 Å². The predicted molar refractivity (Wildman–Crippen MR) is 206 cm³/mol. The highest BCUT2D eigenvalue weighted by molar-refractivity contribution is 6.32. The Morgan fingerprint density at radius 3 is 0.833 bits per heavy atom. The van der Waals surface area contributed by atoms with Gasteiger partial charge in [0.05, 0.1) is 25.7 Å². The van der Waals surface area contributed by atoms with Crippen LogP contribution in [0.1, 0.15) is 44.5 Å². The minimum atomic E-state index is -0.581. The Bertz CT molecular complexity index is 1980. The van der Waals surface area contributed by atoms with E-state index in [-0.39, 0.29) is 52.1 Å². The number of carbonyl (C=O) groups is 4. The Balaban J connectivity index is 1.42. The largest absolute Gasteiger partial charge is 0.461 e. The lowest BCUT2D eigenvalue weighted by atomic mass is 9.97. The number of hydrogen-bond donors (Lipinski definition) is 0. The van der Waals surface area contributed by atoms with Crippen LogP contribution in [0.2, 0.25) is 20.1 Å². The van der Waals surface area contributed by atoms with E-state index in [0.717, 1.165) is 0 Å². The molecule has 0 bridgehead atoms. The molecule has 0 aliphatic carbocycles. The summed E-state index contributed by atoms with van der Waals surface area (Å²) in [5.74, 6) is -2.25. The van der Waals surface area contributed by atoms with Gasteiger partial charge in [-0.2, -0.15) is 0 Å². The molecular formula is C42H34Cl4O8.